The maximum Gasteiger partial charge on any atom is 0.212 e. The molecule has 2 heterocycles. The molecule has 0 bridgehead atoms. The van der Waals surface area contributed by atoms with Gasteiger partial charge in [-0.15, -0.1) is 10.2 Å². The van der Waals surface area contributed by atoms with E-state index in [2.05, 4.69) is 15.3 Å². The van der Waals surface area contributed by atoms with Gasteiger partial charge in [0.05, 0.1) is 30.6 Å². The molecule has 0 aliphatic carbocycles. The second-order valence-corrected chi connectivity index (χ2v) is 6.36. The van der Waals surface area contributed by atoms with Crippen molar-refractivity contribution in [1.82, 2.24) is 14.9 Å². The number of rotatable bonds is 8. The summed E-state index contributed by atoms with van der Waals surface area (Å²) in [5.74, 6) is 0.465. The van der Waals surface area contributed by atoms with Crippen LogP contribution >= 0.6 is 11.8 Å². The Hall–Kier alpha value is -3.07. The Bertz CT molecular complexity index is 947. The van der Waals surface area contributed by atoms with E-state index in [1.165, 1.54) is 4.68 Å². The van der Waals surface area contributed by atoms with Crippen molar-refractivity contribution in [2.24, 2.45) is 5.10 Å². The number of aliphatic carboxylic acids is 1. The Balaban J connectivity index is 1.92. The Kier molecular flexibility index (Phi) is 5.92. The minimum atomic E-state index is -1.19. The third-order valence-corrected chi connectivity index (χ3v) is 4.44. The molecular weight excluding hydrogens is 368 g/mol. The van der Waals surface area contributed by atoms with Gasteiger partial charge in [0.2, 0.25) is 5.16 Å². The summed E-state index contributed by atoms with van der Waals surface area (Å²) in [7, 11) is 0. The van der Waals surface area contributed by atoms with Crippen molar-refractivity contribution in [3.05, 3.63) is 47.9 Å². The van der Waals surface area contributed by atoms with Crippen LogP contribution in [0.25, 0.3) is 11.4 Å². The number of benzene rings is 1. The van der Waals surface area contributed by atoms with Crippen molar-refractivity contribution in [2.45, 2.75) is 19.0 Å². The van der Waals surface area contributed by atoms with Crippen LogP contribution in [0.2, 0.25) is 0 Å². The van der Waals surface area contributed by atoms with Crippen LogP contribution in [0.5, 0.6) is 5.75 Å². The summed E-state index contributed by atoms with van der Waals surface area (Å²) in [5.41, 5.74) is 1.57. The first-order valence-electron chi connectivity index (χ1n) is 8.18. The van der Waals surface area contributed by atoms with Crippen molar-refractivity contribution in [3.8, 4) is 17.1 Å². The average molecular weight is 385 g/mol. The first-order chi connectivity index (χ1) is 13.1. The third kappa shape index (κ3) is 4.56. The molecule has 3 rings (SSSR count). The molecule has 2 aromatic heterocycles. The average Bonchev–Trinajstić information content (AvgIpc) is 3.25. The molecule has 0 aliphatic heterocycles. The summed E-state index contributed by atoms with van der Waals surface area (Å²) in [6.45, 7) is 4.33. The zero-order valence-electron chi connectivity index (χ0n) is 14.8. The topological polar surface area (TPSA) is 106 Å². The standard InChI is InChI=1S/C18H18N4O4S/c1-3-25-14-6-4-13(5-7-14)10-19-22-17(15-8-9-26-12(15)2)20-21-18(22)27-11-16(23)24/h4-10H,3,11H2,1-2H3,(H,23,24)/p-1/b19-10-. The lowest BCUT2D eigenvalue weighted by molar-refractivity contribution is -0.301. The quantitative estimate of drug-likeness (QED) is 0.431. The smallest absolute Gasteiger partial charge is 0.212 e. The largest absolute Gasteiger partial charge is 0.549 e. The van der Waals surface area contributed by atoms with Gasteiger partial charge in [-0.2, -0.15) is 9.78 Å². The molecule has 27 heavy (non-hydrogen) atoms. The van der Waals surface area contributed by atoms with Gasteiger partial charge in [0.15, 0.2) is 5.82 Å². The molecule has 9 heteroatoms. The van der Waals surface area contributed by atoms with Crippen molar-refractivity contribution in [3.63, 3.8) is 0 Å². The van der Waals surface area contributed by atoms with Crippen LogP contribution in [-0.2, 0) is 4.79 Å². The summed E-state index contributed by atoms with van der Waals surface area (Å²) in [6.07, 6.45) is 3.19. The number of thioether (sulfide) groups is 1. The fourth-order valence-corrected chi connectivity index (χ4v) is 2.91. The summed E-state index contributed by atoms with van der Waals surface area (Å²) < 4.78 is 12.2. The van der Waals surface area contributed by atoms with Crippen LogP contribution in [0.1, 0.15) is 18.2 Å². The fraction of sp³-hybridized carbons (Fsp3) is 0.222. The molecule has 0 unspecified atom stereocenters. The minimum Gasteiger partial charge on any atom is -0.549 e. The van der Waals surface area contributed by atoms with Crippen molar-refractivity contribution in [1.29, 1.82) is 0 Å². The zero-order chi connectivity index (χ0) is 19.2. The number of hydrogen-bond donors (Lipinski definition) is 0. The van der Waals surface area contributed by atoms with E-state index in [1.54, 1.807) is 25.5 Å². The highest BCUT2D eigenvalue weighted by Crippen LogP contribution is 2.26. The van der Waals surface area contributed by atoms with E-state index in [9.17, 15) is 9.90 Å². The molecule has 8 nitrogen and oxygen atoms in total. The number of furan rings is 1. The predicted octanol–water partition coefficient (Wildman–Crippen LogP) is 1.97. The van der Waals surface area contributed by atoms with Gasteiger partial charge in [0, 0.05) is 5.75 Å². The zero-order valence-corrected chi connectivity index (χ0v) is 15.6. The van der Waals surface area contributed by atoms with Gasteiger partial charge >= 0.3 is 0 Å². The number of carboxylic acid groups (broad SMARTS) is 1. The van der Waals surface area contributed by atoms with E-state index in [4.69, 9.17) is 9.15 Å². The number of hydrogen-bond acceptors (Lipinski definition) is 8. The van der Waals surface area contributed by atoms with Crippen LogP contribution in [-0.4, -0.2) is 39.4 Å². The number of carbonyl (C=O) groups excluding carboxylic acids is 1. The Labute approximate surface area is 159 Å². The summed E-state index contributed by atoms with van der Waals surface area (Å²) in [4.78, 5) is 10.8. The molecule has 0 atom stereocenters. The second kappa shape index (κ2) is 8.54. The Morgan fingerprint density at radius 2 is 2.11 bits per heavy atom. The summed E-state index contributed by atoms with van der Waals surface area (Å²) >= 11 is 0.986. The molecule has 0 fully saturated rings. The molecule has 0 spiro atoms. The lowest BCUT2D eigenvalue weighted by Gasteiger charge is -2.05. The van der Waals surface area contributed by atoms with Crippen molar-refractivity contribution < 1.29 is 19.1 Å². The molecule has 140 valence electrons. The van der Waals surface area contributed by atoms with E-state index in [1.807, 2.05) is 31.2 Å². The lowest BCUT2D eigenvalue weighted by atomic mass is 10.2. The Morgan fingerprint density at radius 1 is 1.33 bits per heavy atom. The van der Waals surface area contributed by atoms with Gasteiger partial charge in [-0.3, -0.25) is 0 Å². The molecule has 0 aliphatic rings. The number of aromatic nitrogens is 3. The molecule has 1 aromatic carbocycles. The number of carboxylic acids is 1. The molecule has 0 amide bonds. The highest BCUT2D eigenvalue weighted by molar-refractivity contribution is 7.99. The van der Waals surface area contributed by atoms with E-state index < -0.39 is 5.97 Å². The molecular formula is C18H17N4O4S-. The fourth-order valence-electron chi connectivity index (χ4n) is 2.31. The molecule has 0 saturated heterocycles. The van der Waals surface area contributed by atoms with E-state index in [-0.39, 0.29) is 5.75 Å². The molecule has 0 saturated carbocycles. The first-order valence-corrected chi connectivity index (χ1v) is 9.16. The molecule has 0 N–H and O–H groups in total. The molecule has 0 radical (unpaired) electrons. The van der Waals surface area contributed by atoms with Gasteiger partial charge in [-0.1, -0.05) is 11.8 Å². The highest BCUT2D eigenvalue weighted by atomic mass is 32.2. The normalized spacial score (nSPS) is 11.2. The van der Waals surface area contributed by atoms with Crippen LogP contribution in [0.3, 0.4) is 0 Å². The Morgan fingerprint density at radius 3 is 2.74 bits per heavy atom. The number of ether oxygens (including phenoxy) is 1. The van der Waals surface area contributed by atoms with Gasteiger partial charge in [0.25, 0.3) is 0 Å². The van der Waals surface area contributed by atoms with Gasteiger partial charge in [0.1, 0.15) is 11.5 Å². The lowest BCUT2D eigenvalue weighted by Crippen LogP contribution is -2.24. The van der Waals surface area contributed by atoms with E-state index in [0.717, 1.165) is 28.6 Å². The summed E-state index contributed by atoms with van der Waals surface area (Å²) in [5, 5.41) is 23.7. The maximum atomic E-state index is 10.8. The van der Waals surface area contributed by atoms with Crippen LogP contribution in [0.15, 0.2) is 51.3 Å². The van der Waals surface area contributed by atoms with Crippen molar-refractivity contribution in [2.75, 3.05) is 12.4 Å². The first kappa shape index (κ1) is 18.7. The molecule has 3 aromatic rings. The van der Waals surface area contributed by atoms with Gasteiger partial charge in [-0.05, 0) is 49.7 Å². The van der Waals surface area contributed by atoms with E-state index >= 15 is 0 Å². The minimum absolute atomic E-state index is 0.249. The second-order valence-electron chi connectivity index (χ2n) is 5.42. The predicted molar refractivity (Wildman–Crippen MR) is 98.8 cm³/mol. The van der Waals surface area contributed by atoms with Gasteiger partial charge < -0.3 is 19.1 Å². The highest BCUT2D eigenvalue weighted by Gasteiger charge is 2.17. The van der Waals surface area contributed by atoms with Crippen molar-refractivity contribution >= 4 is 23.9 Å². The van der Waals surface area contributed by atoms with Crippen LogP contribution < -0.4 is 9.84 Å². The van der Waals surface area contributed by atoms with Crippen LogP contribution in [0, 0.1) is 6.92 Å². The maximum absolute atomic E-state index is 10.8. The van der Waals surface area contributed by atoms with Crippen LogP contribution in [0.4, 0.5) is 0 Å². The number of nitrogens with zero attached hydrogens (tertiary/aromatic N) is 4. The number of aryl methyl sites for hydroxylation is 1. The van der Waals surface area contributed by atoms with E-state index in [0.29, 0.717) is 23.3 Å². The third-order valence-electron chi connectivity index (χ3n) is 3.54. The summed E-state index contributed by atoms with van der Waals surface area (Å²) in [6, 6.07) is 9.20. The SMILES string of the molecule is CCOc1ccc(/C=N\n2c(SCC(=O)[O-])nnc2-c2ccoc2C)cc1. The van der Waals surface area contributed by atoms with Gasteiger partial charge in [-0.25, -0.2) is 0 Å². The number of carbonyl (C=O) groups is 1. The monoisotopic (exact) mass is 385 g/mol.